The van der Waals surface area contributed by atoms with Crippen molar-refractivity contribution in [2.75, 3.05) is 19.7 Å². The van der Waals surface area contributed by atoms with Crippen molar-refractivity contribution in [3.63, 3.8) is 0 Å². The lowest BCUT2D eigenvalue weighted by Gasteiger charge is -2.21. The van der Waals surface area contributed by atoms with Gasteiger partial charge in [-0.3, -0.25) is 4.79 Å². The molecule has 1 aromatic rings. The van der Waals surface area contributed by atoms with Crippen molar-refractivity contribution in [2.45, 2.75) is 45.4 Å². The van der Waals surface area contributed by atoms with Crippen LogP contribution in [0.4, 0.5) is 0 Å². The molecule has 1 aliphatic rings. The van der Waals surface area contributed by atoms with Crippen molar-refractivity contribution in [1.29, 1.82) is 0 Å². The number of hydrogen-bond donors (Lipinski definition) is 0. The van der Waals surface area contributed by atoms with Crippen LogP contribution < -0.4 is 4.74 Å². The maximum atomic E-state index is 12.2. The molecule has 1 fully saturated rings. The molecular formula is C17H25NO2. The van der Waals surface area contributed by atoms with E-state index in [9.17, 15) is 4.79 Å². The zero-order chi connectivity index (χ0) is 14.4. The van der Waals surface area contributed by atoms with Gasteiger partial charge in [-0.05, 0) is 30.4 Å². The molecule has 0 aliphatic carbocycles. The van der Waals surface area contributed by atoms with E-state index < -0.39 is 0 Å². The minimum atomic E-state index is 0.116. The van der Waals surface area contributed by atoms with Crippen LogP contribution in [-0.2, 0) is 4.79 Å². The monoisotopic (exact) mass is 275 g/mol. The predicted octanol–water partition coefficient (Wildman–Crippen LogP) is 3.59. The lowest BCUT2D eigenvalue weighted by molar-refractivity contribution is -0.133. The molecule has 1 heterocycles. The fourth-order valence-corrected chi connectivity index (χ4v) is 2.64. The fraction of sp³-hybridized carbons (Fsp3) is 0.588. The van der Waals surface area contributed by atoms with Crippen LogP contribution in [0.1, 0.15) is 51.0 Å². The van der Waals surface area contributed by atoms with Crippen LogP contribution in [0.2, 0.25) is 0 Å². The van der Waals surface area contributed by atoms with Crippen molar-refractivity contribution in [2.24, 2.45) is 0 Å². The van der Waals surface area contributed by atoms with E-state index in [1.165, 1.54) is 12.8 Å². The van der Waals surface area contributed by atoms with Gasteiger partial charge in [0.25, 0.3) is 5.91 Å². The van der Waals surface area contributed by atoms with Crippen molar-refractivity contribution in [3.8, 4) is 5.75 Å². The lowest BCUT2D eigenvalue weighted by atomic mass is 10.0. The molecule has 1 amide bonds. The Hall–Kier alpha value is -1.51. The zero-order valence-electron chi connectivity index (χ0n) is 12.6. The molecule has 0 bridgehead atoms. The number of ether oxygens (including phenoxy) is 1. The smallest absolute Gasteiger partial charge is 0.260 e. The number of likely N-dealkylation sites (tertiary alicyclic amines) is 1. The molecule has 0 spiro atoms. The Morgan fingerprint density at radius 2 is 1.80 bits per heavy atom. The first-order chi connectivity index (χ1) is 9.68. The standard InChI is InChI=1S/C17H25NO2/c1-14(2)15-9-5-6-10-16(15)20-13-17(19)18-11-7-3-4-8-12-18/h5-6,9-10,14H,3-4,7-8,11-13H2,1-2H3. The third-order valence-electron chi connectivity index (χ3n) is 3.85. The second-order valence-corrected chi connectivity index (χ2v) is 5.78. The quantitative estimate of drug-likeness (QED) is 0.840. The fourth-order valence-electron chi connectivity index (χ4n) is 2.64. The van der Waals surface area contributed by atoms with Gasteiger partial charge in [-0.25, -0.2) is 0 Å². The van der Waals surface area contributed by atoms with Crippen LogP contribution in [0.25, 0.3) is 0 Å². The summed E-state index contributed by atoms with van der Waals surface area (Å²) in [4.78, 5) is 14.2. The number of amides is 1. The lowest BCUT2D eigenvalue weighted by Crippen LogP contribution is -2.35. The summed E-state index contributed by atoms with van der Waals surface area (Å²) in [5.41, 5.74) is 1.16. The van der Waals surface area contributed by atoms with Gasteiger partial charge < -0.3 is 9.64 Å². The third kappa shape index (κ3) is 3.99. The largest absolute Gasteiger partial charge is 0.483 e. The normalized spacial score (nSPS) is 16.1. The number of hydrogen-bond acceptors (Lipinski definition) is 2. The van der Waals surface area contributed by atoms with Gasteiger partial charge in [0.15, 0.2) is 6.61 Å². The molecule has 20 heavy (non-hydrogen) atoms. The molecule has 0 N–H and O–H groups in total. The Balaban J connectivity index is 1.92. The second-order valence-electron chi connectivity index (χ2n) is 5.78. The number of carbonyl (C=O) groups is 1. The Kier molecular flexibility index (Phi) is 5.45. The molecule has 110 valence electrons. The molecule has 1 aliphatic heterocycles. The average molecular weight is 275 g/mol. The number of carbonyl (C=O) groups excluding carboxylic acids is 1. The third-order valence-corrected chi connectivity index (χ3v) is 3.85. The first-order valence-corrected chi connectivity index (χ1v) is 7.68. The number of rotatable bonds is 4. The summed E-state index contributed by atoms with van der Waals surface area (Å²) in [6.07, 6.45) is 4.71. The Bertz CT molecular complexity index is 434. The van der Waals surface area contributed by atoms with Gasteiger partial charge in [0.2, 0.25) is 0 Å². The van der Waals surface area contributed by atoms with Gasteiger partial charge in [-0.15, -0.1) is 0 Å². The van der Waals surface area contributed by atoms with Gasteiger partial charge in [0.1, 0.15) is 5.75 Å². The Morgan fingerprint density at radius 3 is 2.45 bits per heavy atom. The molecule has 1 aromatic carbocycles. The first kappa shape index (κ1) is 14.9. The highest BCUT2D eigenvalue weighted by atomic mass is 16.5. The van der Waals surface area contributed by atoms with Crippen molar-refractivity contribution < 1.29 is 9.53 Å². The number of benzene rings is 1. The summed E-state index contributed by atoms with van der Waals surface area (Å²) in [5, 5.41) is 0. The number of para-hydroxylation sites is 1. The highest BCUT2D eigenvalue weighted by molar-refractivity contribution is 5.77. The summed E-state index contributed by atoms with van der Waals surface area (Å²) in [7, 11) is 0. The molecule has 1 saturated heterocycles. The molecule has 3 heteroatoms. The molecule has 0 unspecified atom stereocenters. The number of nitrogens with zero attached hydrogens (tertiary/aromatic N) is 1. The van der Waals surface area contributed by atoms with E-state index in [1.807, 2.05) is 23.1 Å². The average Bonchev–Trinajstić information content (AvgIpc) is 2.74. The minimum absolute atomic E-state index is 0.116. The van der Waals surface area contributed by atoms with E-state index in [0.717, 1.165) is 37.2 Å². The molecular weight excluding hydrogens is 250 g/mol. The summed E-state index contributed by atoms with van der Waals surface area (Å²) in [6.45, 7) is 6.20. The van der Waals surface area contributed by atoms with Crippen LogP contribution in [0.15, 0.2) is 24.3 Å². The van der Waals surface area contributed by atoms with Crippen molar-refractivity contribution >= 4 is 5.91 Å². The van der Waals surface area contributed by atoms with Crippen LogP contribution in [-0.4, -0.2) is 30.5 Å². The summed E-state index contributed by atoms with van der Waals surface area (Å²) in [5.74, 6) is 1.36. The summed E-state index contributed by atoms with van der Waals surface area (Å²) < 4.78 is 5.76. The predicted molar refractivity (Wildman–Crippen MR) is 81.1 cm³/mol. The first-order valence-electron chi connectivity index (χ1n) is 7.68. The molecule has 0 radical (unpaired) electrons. The van der Waals surface area contributed by atoms with Gasteiger partial charge in [-0.1, -0.05) is 44.9 Å². The van der Waals surface area contributed by atoms with E-state index in [0.29, 0.717) is 5.92 Å². The van der Waals surface area contributed by atoms with Crippen molar-refractivity contribution in [3.05, 3.63) is 29.8 Å². The molecule has 2 rings (SSSR count). The van der Waals surface area contributed by atoms with E-state index in [4.69, 9.17) is 4.74 Å². The summed E-state index contributed by atoms with van der Waals surface area (Å²) >= 11 is 0. The topological polar surface area (TPSA) is 29.5 Å². The maximum absolute atomic E-state index is 12.2. The van der Waals surface area contributed by atoms with Crippen LogP contribution in [0.3, 0.4) is 0 Å². The van der Waals surface area contributed by atoms with Crippen LogP contribution in [0.5, 0.6) is 5.75 Å². The van der Waals surface area contributed by atoms with Crippen molar-refractivity contribution in [1.82, 2.24) is 4.90 Å². The SMILES string of the molecule is CC(C)c1ccccc1OCC(=O)N1CCCCCC1. The van der Waals surface area contributed by atoms with E-state index in [-0.39, 0.29) is 12.5 Å². The minimum Gasteiger partial charge on any atom is -0.483 e. The highest BCUT2D eigenvalue weighted by Gasteiger charge is 2.16. The van der Waals surface area contributed by atoms with E-state index in [2.05, 4.69) is 19.9 Å². The van der Waals surface area contributed by atoms with E-state index in [1.54, 1.807) is 0 Å². The van der Waals surface area contributed by atoms with Gasteiger partial charge >= 0.3 is 0 Å². The molecule has 0 saturated carbocycles. The zero-order valence-corrected chi connectivity index (χ0v) is 12.6. The maximum Gasteiger partial charge on any atom is 0.260 e. The second kappa shape index (κ2) is 7.32. The highest BCUT2D eigenvalue weighted by Crippen LogP contribution is 2.25. The Labute approximate surface area is 121 Å². The van der Waals surface area contributed by atoms with Crippen LogP contribution in [0, 0.1) is 0 Å². The molecule has 3 nitrogen and oxygen atoms in total. The van der Waals surface area contributed by atoms with Gasteiger partial charge in [0.05, 0.1) is 0 Å². The van der Waals surface area contributed by atoms with E-state index >= 15 is 0 Å². The van der Waals surface area contributed by atoms with Gasteiger partial charge in [0, 0.05) is 13.1 Å². The summed E-state index contributed by atoms with van der Waals surface area (Å²) in [6, 6.07) is 7.98. The molecule has 0 aromatic heterocycles. The van der Waals surface area contributed by atoms with Gasteiger partial charge in [-0.2, -0.15) is 0 Å². The van der Waals surface area contributed by atoms with Crippen LogP contribution >= 0.6 is 0 Å². The molecule has 0 atom stereocenters. The Morgan fingerprint density at radius 1 is 1.15 bits per heavy atom.